The molecule has 2 aromatic carbocycles. The minimum atomic E-state index is 0.375. The van der Waals surface area contributed by atoms with E-state index in [2.05, 4.69) is 84.5 Å². The van der Waals surface area contributed by atoms with E-state index < -0.39 is 0 Å². The Morgan fingerprint density at radius 1 is 1.00 bits per heavy atom. The standard InChI is InChI=1S/C18H22BrN/c1-4-20-18(12-15-6-9-17(19)10-7-15)16-8-5-13(2)14(3)11-16/h5-11,18,20H,4,12H2,1-3H3. The van der Waals surface area contributed by atoms with Gasteiger partial charge in [-0.3, -0.25) is 0 Å². The lowest BCUT2D eigenvalue weighted by Crippen LogP contribution is -2.23. The average Bonchev–Trinajstić information content (AvgIpc) is 2.44. The molecule has 0 aliphatic heterocycles. The number of nitrogens with one attached hydrogen (secondary N) is 1. The number of rotatable bonds is 5. The quantitative estimate of drug-likeness (QED) is 0.816. The molecule has 2 rings (SSSR count). The fourth-order valence-corrected chi connectivity index (χ4v) is 2.66. The average molecular weight is 332 g/mol. The molecule has 0 saturated heterocycles. The van der Waals surface area contributed by atoms with Crippen molar-refractivity contribution in [2.75, 3.05) is 6.54 Å². The van der Waals surface area contributed by atoms with Gasteiger partial charge in [0, 0.05) is 10.5 Å². The number of hydrogen-bond donors (Lipinski definition) is 1. The van der Waals surface area contributed by atoms with Crippen molar-refractivity contribution in [3.05, 3.63) is 69.2 Å². The van der Waals surface area contributed by atoms with Crippen LogP contribution in [0.2, 0.25) is 0 Å². The Hall–Kier alpha value is -1.12. The predicted octanol–water partition coefficient (Wildman–Crippen LogP) is 4.96. The van der Waals surface area contributed by atoms with Crippen molar-refractivity contribution in [3.63, 3.8) is 0 Å². The number of benzene rings is 2. The van der Waals surface area contributed by atoms with Crippen LogP contribution in [0.15, 0.2) is 46.9 Å². The van der Waals surface area contributed by atoms with Gasteiger partial charge in [-0.15, -0.1) is 0 Å². The van der Waals surface area contributed by atoms with Gasteiger partial charge in [0.05, 0.1) is 0 Å². The number of hydrogen-bond acceptors (Lipinski definition) is 1. The molecule has 1 nitrogen and oxygen atoms in total. The van der Waals surface area contributed by atoms with Crippen LogP contribution in [0, 0.1) is 13.8 Å². The summed E-state index contributed by atoms with van der Waals surface area (Å²) in [5, 5.41) is 3.60. The third-order valence-corrected chi connectivity index (χ3v) is 4.27. The highest BCUT2D eigenvalue weighted by Crippen LogP contribution is 2.22. The largest absolute Gasteiger partial charge is 0.310 e. The molecular formula is C18H22BrN. The monoisotopic (exact) mass is 331 g/mol. The molecule has 0 aromatic heterocycles. The first-order chi connectivity index (χ1) is 9.60. The van der Waals surface area contributed by atoms with Crippen molar-refractivity contribution in [2.24, 2.45) is 0 Å². The molecule has 1 unspecified atom stereocenters. The molecule has 0 radical (unpaired) electrons. The van der Waals surface area contributed by atoms with Gasteiger partial charge in [0.25, 0.3) is 0 Å². The van der Waals surface area contributed by atoms with E-state index in [0.29, 0.717) is 6.04 Å². The van der Waals surface area contributed by atoms with Gasteiger partial charge >= 0.3 is 0 Å². The van der Waals surface area contributed by atoms with Crippen LogP contribution in [0.3, 0.4) is 0 Å². The molecule has 2 aromatic rings. The van der Waals surface area contributed by atoms with E-state index in [1.807, 2.05) is 0 Å². The molecule has 0 amide bonds. The van der Waals surface area contributed by atoms with E-state index in [4.69, 9.17) is 0 Å². The predicted molar refractivity (Wildman–Crippen MR) is 90.2 cm³/mol. The first-order valence-electron chi connectivity index (χ1n) is 7.15. The van der Waals surface area contributed by atoms with E-state index in [9.17, 15) is 0 Å². The number of likely N-dealkylation sites (N-methyl/N-ethyl adjacent to an activating group) is 1. The Morgan fingerprint density at radius 2 is 1.70 bits per heavy atom. The lowest BCUT2D eigenvalue weighted by molar-refractivity contribution is 0.549. The van der Waals surface area contributed by atoms with E-state index in [1.54, 1.807) is 0 Å². The van der Waals surface area contributed by atoms with Crippen LogP contribution < -0.4 is 5.32 Å². The van der Waals surface area contributed by atoms with Crippen LogP contribution in [0.5, 0.6) is 0 Å². The number of aryl methyl sites for hydroxylation is 2. The summed E-state index contributed by atoms with van der Waals surface area (Å²) in [6.45, 7) is 7.49. The third kappa shape index (κ3) is 3.94. The van der Waals surface area contributed by atoms with Gasteiger partial charge in [0.2, 0.25) is 0 Å². The minimum absolute atomic E-state index is 0.375. The molecule has 0 aliphatic rings. The summed E-state index contributed by atoms with van der Waals surface area (Å²) in [6.07, 6.45) is 1.02. The molecular weight excluding hydrogens is 310 g/mol. The highest BCUT2D eigenvalue weighted by molar-refractivity contribution is 9.10. The molecule has 20 heavy (non-hydrogen) atoms. The summed E-state index contributed by atoms with van der Waals surface area (Å²) in [6, 6.07) is 15.7. The van der Waals surface area contributed by atoms with Gasteiger partial charge in [0.15, 0.2) is 0 Å². The van der Waals surface area contributed by atoms with Crippen molar-refractivity contribution in [1.29, 1.82) is 0 Å². The summed E-state index contributed by atoms with van der Waals surface area (Å²) in [7, 11) is 0. The molecule has 1 N–H and O–H groups in total. The van der Waals surface area contributed by atoms with E-state index >= 15 is 0 Å². The molecule has 2 heteroatoms. The molecule has 0 fully saturated rings. The zero-order valence-corrected chi connectivity index (χ0v) is 14.0. The maximum absolute atomic E-state index is 3.60. The zero-order chi connectivity index (χ0) is 14.5. The molecule has 0 bridgehead atoms. The summed E-state index contributed by atoms with van der Waals surface area (Å²) >= 11 is 3.49. The first-order valence-corrected chi connectivity index (χ1v) is 7.94. The molecule has 0 spiro atoms. The smallest absolute Gasteiger partial charge is 0.0360 e. The highest BCUT2D eigenvalue weighted by atomic mass is 79.9. The second-order valence-corrected chi connectivity index (χ2v) is 6.20. The molecule has 0 aliphatic carbocycles. The van der Waals surface area contributed by atoms with Crippen LogP contribution in [0.1, 0.15) is 35.2 Å². The second kappa shape index (κ2) is 7.05. The Balaban J connectivity index is 2.21. The number of halogens is 1. The maximum atomic E-state index is 3.60. The summed E-state index contributed by atoms with van der Waals surface area (Å²) in [5.74, 6) is 0. The van der Waals surface area contributed by atoms with Gasteiger partial charge < -0.3 is 5.32 Å². The Labute approximate surface area is 130 Å². The Kier molecular flexibility index (Phi) is 5.38. The summed E-state index contributed by atoms with van der Waals surface area (Å²) in [5.41, 5.74) is 5.45. The van der Waals surface area contributed by atoms with Crippen molar-refractivity contribution in [1.82, 2.24) is 5.32 Å². The lowest BCUT2D eigenvalue weighted by atomic mass is 9.96. The van der Waals surface area contributed by atoms with Gasteiger partial charge in [-0.2, -0.15) is 0 Å². The van der Waals surface area contributed by atoms with Gasteiger partial charge in [-0.1, -0.05) is 53.2 Å². The van der Waals surface area contributed by atoms with Gasteiger partial charge in [-0.05, 0) is 61.2 Å². The Morgan fingerprint density at radius 3 is 2.30 bits per heavy atom. The van der Waals surface area contributed by atoms with Crippen molar-refractivity contribution >= 4 is 15.9 Å². The van der Waals surface area contributed by atoms with E-state index in [0.717, 1.165) is 17.4 Å². The van der Waals surface area contributed by atoms with Crippen molar-refractivity contribution in [2.45, 2.75) is 33.2 Å². The zero-order valence-electron chi connectivity index (χ0n) is 12.4. The van der Waals surface area contributed by atoms with Crippen LogP contribution in [-0.4, -0.2) is 6.54 Å². The van der Waals surface area contributed by atoms with Gasteiger partial charge in [0.1, 0.15) is 0 Å². The maximum Gasteiger partial charge on any atom is 0.0360 e. The molecule has 0 heterocycles. The second-order valence-electron chi connectivity index (χ2n) is 5.28. The SMILES string of the molecule is CCNC(Cc1ccc(Br)cc1)c1ccc(C)c(C)c1. The third-order valence-electron chi connectivity index (χ3n) is 3.74. The van der Waals surface area contributed by atoms with E-state index in [1.165, 1.54) is 22.3 Å². The Bertz CT molecular complexity index is 560. The first kappa shape index (κ1) is 15.3. The highest BCUT2D eigenvalue weighted by Gasteiger charge is 2.11. The van der Waals surface area contributed by atoms with Crippen molar-refractivity contribution in [3.8, 4) is 0 Å². The minimum Gasteiger partial charge on any atom is -0.310 e. The van der Waals surface area contributed by atoms with E-state index in [-0.39, 0.29) is 0 Å². The molecule has 106 valence electrons. The fraction of sp³-hybridized carbons (Fsp3) is 0.333. The van der Waals surface area contributed by atoms with Crippen molar-refractivity contribution < 1.29 is 0 Å². The summed E-state index contributed by atoms with van der Waals surface area (Å²) in [4.78, 5) is 0. The van der Waals surface area contributed by atoms with Crippen LogP contribution >= 0.6 is 15.9 Å². The summed E-state index contributed by atoms with van der Waals surface area (Å²) < 4.78 is 1.13. The fourth-order valence-electron chi connectivity index (χ4n) is 2.39. The lowest BCUT2D eigenvalue weighted by Gasteiger charge is -2.19. The molecule has 0 saturated carbocycles. The van der Waals surface area contributed by atoms with Crippen LogP contribution in [0.25, 0.3) is 0 Å². The normalized spacial score (nSPS) is 12.4. The topological polar surface area (TPSA) is 12.0 Å². The van der Waals surface area contributed by atoms with Crippen LogP contribution in [0.4, 0.5) is 0 Å². The van der Waals surface area contributed by atoms with Gasteiger partial charge in [-0.25, -0.2) is 0 Å². The van der Waals surface area contributed by atoms with Crippen LogP contribution in [-0.2, 0) is 6.42 Å². The molecule has 1 atom stereocenters.